The molecule has 2 aromatic heterocycles. The predicted octanol–water partition coefficient (Wildman–Crippen LogP) is 4.07. The highest BCUT2D eigenvalue weighted by Gasteiger charge is 2.20. The third-order valence-corrected chi connectivity index (χ3v) is 4.85. The molecule has 3 nitrogen and oxygen atoms in total. The first-order valence-electron chi connectivity index (χ1n) is 6.81. The second kappa shape index (κ2) is 5.22. The topological polar surface area (TPSA) is 37.8 Å². The van der Waals surface area contributed by atoms with Gasteiger partial charge >= 0.3 is 0 Å². The monoisotopic (exact) mass is 261 g/mol. The molecule has 0 bridgehead atoms. The lowest BCUT2D eigenvalue weighted by molar-refractivity contribution is 0.330. The zero-order valence-electron chi connectivity index (χ0n) is 10.7. The van der Waals surface area contributed by atoms with Crippen LogP contribution in [0.4, 0.5) is 5.82 Å². The van der Waals surface area contributed by atoms with E-state index in [1.807, 2.05) is 0 Å². The van der Waals surface area contributed by atoms with E-state index in [0.717, 1.165) is 16.6 Å². The van der Waals surface area contributed by atoms with E-state index < -0.39 is 0 Å². The Morgan fingerprint density at radius 2 is 2.11 bits per heavy atom. The summed E-state index contributed by atoms with van der Waals surface area (Å²) in [5.41, 5.74) is 0. The van der Waals surface area contributed by atoms with E-state index in [-0.39, 0.29) is 0 Å². The van der Waals surface area contributed by atoms with Gasteiger partial charge in [-0.05, 0) is 43.0 Å². The Labute approximate surface area is 112 Å². The maximum Gasteiger partial charge on any atom is 0.138 e. The normalized spacial score (nSPS) is 24.3. The molecule has 1 aliphatic rings. The van der Waals surface area contributed by atoms with Crippen LogP contribution >= 0.6 is 11.3 Å². The quantitative estimate of drug-likeness (QED) is 0.905. The lowest BCUT2D eigenvalue weighted by Crippen LogP contribution is -2.26. The Morgan fingerprint density at radius 1 is 1.28 bits per heavy atom. The van der Waals surface area contributed by atoms with E-state index >= 15 is 0 Å². The van der Waals surface area contributed by atoms with E-state index in [9.17, 15) is 0 Å². The van der Waals surface area contributed by atoms with Gasteiger partial charge in [-0.1, -0.05) is 13.3 Å². The fraction of sp³-hybridized carbons (Fsp3) is 0.571. The van der Waals surface area contributed by atoms with Crippen LogP contribution in [0.1, 0.15) is 39.0 Å². The number of thiophene rings is 1. The van der Waals surface area contributed by atoms with Crippen molar-refractivity contribution in [2.24, 2.45) is 5.92 Å². The van der Waals surface area contributed by atoms with Crippen molar-refractivity contribution in [3.8, 4) is 0 Å². The summed E-state index contributed by atoms with van der Waals surface area (Å²) in [6.45, 7) is 2.30. The minimum atomic E-state index is 0.589. The maximum absolute atomic E-state index is 4.40. The van der Waals surface area contributed by atoms with Gasteiger partial charge in [-0.15, -0.1) is 11.3 Å². The van der Waals surface area contributed by atoms with Crippen LogP contribution in [0.3, 0.4) is 0 Å². The number of rotatable bonds is 3. The van der Waals surface area contributed by atoms with Crippen LogP contribution in [-0.2, 0) is 0 Å². The molecule has 1 saturated carbocycles. The smallest absolute Gasteiger partial charge is 0.138 e. The summed E-state index contributed by atoms with van der Waals surface area (Å²) in [5, 5.41) is 6.86. The minimum Gasteiger partial charge on any atom is -0.367 e. The second-order valence-corrected chi connectivity index (χ2v) is 6.03. The Bertz CT molecular complexity index is 514. The van der Waals surface area contributed by atoms with E-state index in [0.29, 0.717) is 6.04 Å². The predicted molar refractivity (Wildman–Crippen MR) is 77.1 cm³/mol. The molecule has 0 aliphatic heterocycles. The summed E-state index contributed by atoms with van der Waals surface area (Å²) in [4.78, 5) is 9.76. The highest BCUT2D eigenvalue weighted by molar-refractivity contribution is 7.16. The van der Waals surface area contributed by atoms with Gasteiger partial charge in [0.1, 0.15) is 17.0 Å². The van der Waals surface area contributed by atoms with Crippen LogP contribution in [-0.4, -0.2) is 16.0 Å². The van der Waals surface area contributed by atoms with Gasteiger partial charge in [-0.3, -0.25) is 0 Å². The van der Waals surface area contributed by atoms with Crippen molar-refractivity contribution in [3.05, 3.63) is 17.8 Å². The van der Waals surface area contributed by atoms with Gasteiger partial charge in [-0.2, -0.15) is 0 Å². The van der Waals surface area contributed by atoms with Crippen LogP contribution in [0, 0.1) is 5.92 Å². The summed E-state index contributed by atoms with van der Waals surface area (Å²) < 4.78 is 0. The second-order valence-electron chi connectivity index (χ2n) is 5.13. The van der Waals surface area contributed by atoms with Crippen molar-refractivity contribution < 1.29 is 0 Å². The molecule has 96 valence electrons. The van der Waals surface area contributed by atoms with Gasteiger partial charge in [0, 0.05) is 6.04 Å². The summed E-state index contributed by atoms with van der Waals surface area (Å²) in [5.74, 6) is 1.95. The van der Waals surface area contributed by atoms with Crippen molar-refractivity contribution in [2.45, 2.75) is 45.1 Å². The Hall–Kier alpha value is -1.16. The van der Waals surface area contributed by atoms with Crippen LogP contribution in [0.5, 0.6) is 0 Å². The molecular weight excluding hydrogens is 242 g/mol. The zero-order valence-corrected chi connectivity index (χ0v) is 11.5. The highest BCUT2D eigenvalue weighted by atomic mass is 32.1. The van der Waals surface area contributed by atoms with E-state index in [2.05, 4.69) is 33.7 Å². The number of nitrogens with one attached hydrogen (secondary N) is 1. The van der Waals surface area contributed by atoms with Gasteiger partial charge in [0.15, 0.2) is 0 Å². The van der Waals surface area contributed by atoms with Gasteiger partial charge in [0.05, 0.1) is 5.39 Å². The zero-order chi connectivity index (χ0) is 12.4. The Balaban J connectivity index is 1.71. The summed E-state index contributed by atoms with van der Waals surface area (Å²) >= 11 is 1.68. The summed E-state index contributed by atoms with van der Waals surface area (Å²) in [7, 11) is 0. The number of anilines is 1. The molecule has 0 spiro atoms. The molecule has 1 aliphatic carbocycles. The van der Waals surface area contributed by atoms with Crippen LogP contribution in [0.2, 0.25) is 0 Å². The fourth-order valence-corrected chi connectivity index (χ4v) is 3.55. The molecule has 4 heteroatoms. The van der Waals surface area contributed by atoms with Gasteiger partial charge in [-0.25, -0.2) is 9.97 Å². The first-order valence-corrected chi connectivity index (χ1v) is 7.69. The minimum absolute atomic E-state index is 0.589. The molecule has 0 aromatic carbocycles. The molecule has 0 saturated heterocycles. The average Bonchev–Trinajstić information content (AvgIpc) is 2.89. The van der Waals surface area contributed by atoms with E-state index in [1.165, 1.54) is 37.5 Å². The third-order valence-electron chi connectivity index (χ3n) is 4.03. The molecule has 2 heterocycles. The number of hydrogen-bond acceptors (Lipinski definition) is 4. The van der Waals surface area contributed by atoms with Crippen molar-refractivity contribution in [1.82, 2.24) is 9.97 Å². The molecule has 0 radical (unpaired) electrons. The van der Waals surface area contributed by atoms with Crippen LogP contribution in [0.15, 0.2) is 17.8 Å². The summed E-state index contributed by atoms with van der Waals surface area (Å²) in [6, 6.07) is 2.70. The SMILES string of the molecule is CCC1CCC(Nc2ncnc3sccc23)CC1. The maximum atomic E-state index is 4.40. The Morgan fingerprint density at radius 3 is 2.89 bits per heavy atom. The first kappa shape index (κ1) is 11.9. The average molecular weight is 261 g/mol. The standard InChI is InChI=1S/C14H19N3S/c1-2-10-3-5-11(6-4-10)17-13-12-7-8-18-14(12)16-9-15-13/h7-11H,2-6H2,1H3,(H,15,16,17). The third kappa shape index (κ3) is 2.34. The highest BCUT2D eigenvalue weighted by Crippen LogP contribution is 2.30. The number of hydrogen-bond donors (Lipinski definition) is 1. The molecule has 2 aromatic rings. The van der Waals surface area contributed by atoms with Gasteiger partial charge in [0.25, 0.3) is 0 Å². The fourth-order valence-electron chi connectivity index (χ4n) is 2.81. The Kier molecular flexibility index (Phi) is 3.46. The number of fused-ring (bicyclic) bond motifs is 1. The molecule has 3 rings (SSSR count). The van der Waals surface area contributed by atoms with Gasteiger partial charge < -0.3 is 5.32 Å². The summed E-state index contributed by atoms with van der Waals surface area (Å²) in [6.07, 6.45) is 8.24. The molecule has 1 N–H and O–H groups in total. The first-order chi connectivity index (χ1) is 8.86. The number of aromatic nitrogens is 2. The molecule has 0 atom stereocenters. The molecular formula is C14H19N3S. The van der Waals surface area contributed by atoms with E-state index in [1.54, 1.807) is 17.7 Å². The van der Waals surface area contributed by atoms with Crippen LogP contribution in [0.25, 0.3) is 10.2 Å². The van der Waals surface area contributed by atoms with Crippen molar-refractivity contribution in [2.75, 3.05) is 5.32 Å². The van der Waals surface area contributed by atoms with Crippen molar-refractivity contribution >= 4 is 27.4 Å². The largest absolute Gasteiger partial charge is 0.367 e. The lowest BCUT2D eigenvalue weighted by atomic mass is 9.84. The van der Waals surface area contributed by atoms with E-state index in [4.69, 9.17) is 0 Å². The molecule has 1 fully saturated rings. The molecule has 18 heavy (non-hydrogen) atoms. The van der Waals surface area contributed by atoms with Gasteiger partial charge in [0.2, 0.25) is 0 Å². The lowest BCUT2D eigenvalue weighted by Gasteiger charge is -2.28. The molecule has 0 unspecified atom stereocenters. The van der Waals surface area contributed by atoms with Crippen molar-refractivity contribution in [1.29, 1.82) is 0 Å². The van der Waals surface area contributed by atoms with Crippen molar-refractivity contribution in [3.63, 3.8) is 0 Å². The molecule has 0 amide bonds. The number of nitrogens with zero attached hydrogens (tertiary/aromatic N) is 2. The van der Waals surface area contributed by atoms with Crippen LogP contribution < -0.4 is 5.32 Å².